The van der Waals surface area contributed by atoms with E-state index in [1.807, 2.05) is 19.1 Å². The molecule has 2 aromatic rings. The van der Waals surface area contributed by atoms with Gasteiger partial charge in [0.05, 0.1) is 15.2 Å². The lowest BCUT2D eigenvalue weighted by Gasteiger charge is -2.06. The first-order valence-electron chi connectivity index (χ1n) is 5.36. The molecule has 0 unspecified atom stereocenters. The molecule has 0 saturated carbocycles. The van der Waals surface area contributed by atoms with Crippen LogP contribution in [0.15, 0.2) is 28.1 Å². The Kier molecular flexibility index (Phi) is 4.02. The average Bonchev–Trinajstić information content (AvgIpc) is 2.70. The number of pyridine rings is 1. The number of aryl methyl sites for hydroxylation is 1. The average molecular weight is 312 g/mol. The number of hydrogen-bond donors (Lipinski definition) is 2. The van der Waals surface area contributed by atoms with Crippen molar-refractivity contribution in [2.45, 2.75) is 13.3 Å². The third kappa shape index (κ3) is 3.44. The summed E-state index contributed by atoms with van der Waals surface area (Å²) in [6.07, 6.45) is 1.00. The van der Waals surface area contributed by atoms with Gasteiger partial charge in [-0.1, -0.05) is 0 Å². The van der Waals surface area contributed by atoms with Crippen molar-refractivity contribution in [3.63, 3.8) is 0 Å². The van der Waals surface area contributed by atoms with Crippen LogP contribution < -0.4 is 11.1 Å². The number of nitrogens with one attached hydrogen (secondary N) is 1. The van der Waals surface area contributed by atoms with E-state index in [1.54, 1.807) is 11.3 Å². The molecule has 0 aliphatic heterocycles. The third-order valence-corrected chi connectivity index (χ3v) is 4.12. The maximum atomic E-state index is 5.72. The molecule has 5 heteroatoms. The smallest absolute Gasteiger partial charge is 0.126 e. The Morgan fingerprint density at radius 2 is 2.18 bits per heavy atom. The molecule has 0 aromatic carbocycles. The van der Waals surface area contributed by atoms with Crippen molar-refractivity contribution in [3.05, 3.63) is 38.6 Å². The molecule has 2 heterocycles. The number of nitrogens with zero attached hydrogens (tertiary/aromatic N) is 1. The fraction of sp³-hybridized carbons (Fsp3) is 0.250. The number of halogens is 1. The highest BCUT2D eigenvalue weighted by Gasteiger charge is 2.00. The fourth-order valence-corrected chi connectivity index (χ4v) is 2.95. The molecule has 3 N–H and O–H groups in total. The van der Waals surface area contributed by atoms with E-state index in [9.17, 15) is 0 Å². The van der Waals surface area contributed by atoms with Crippen LogP contribution in [0.2, 0.25) is 0 Å². The Balaban J connectivity index is 1.87. The topological polar surface area (TPSA) is 50.9 Å². The van der Waals surface area contributed by atoms with Crippen molar-refractivity contribution in [1.29, 1.82) is 0 Å². The quantitative estimate of drug-likeness (QED) is 0.909. The molecule has 0 radical (unpaired) electrons. The van der Waals surface area contributed by atoms with Crippen LogP contribution in [0.5, 0.6) is 0 Å². The van der Waals surface area contributed by atoms with Gasteiger partial charge in [-0.15, -0.1) is 11.3 Å². The van der Waals surface area contributed by atoms with Crippen LogP contribution in [0, 0.1) is 6.92 Å². The van der Waals surface area contributed by atoms with Gasteiger partial charge in [-0.05, 0) is 53.5 Å². The van der Waals surface area contributed by atoms with Crippen molar-refractivity contribution < 1.29 is 0 Å². The molecule has 0 saturated heterocycles. The van der Waals surface area contributed by atoms with Gasteiger partial charge in [0.2, 0.25) is 0 Å². The number of nitrogen functional groups attached to an aromatic ring is 1. The lowest BCUT2D eigenvalue weighted by Crippen LogP contribution is -2.06. The minimum Gasteiger partial charge on any atom is -0.397 e. The highest BCUT2D eigenvalue weighted by Crippen LogP contribution is 2.22. The second-order valence-electron chi connectivity index (χ2n) is 3.75. The Morgan fingerprint density at radius 3 is 2.82 bits per heavy atom. The standard InChI is InChI=1S/C12H14BrN3S/c1-8-10(14)3-5-12(16-8)15-7-6-9-2-4-11(13)17-9/h2-5H,6-7,14H2,1H3,(H,15,16). The highest BCUT2D eigenvalue weighted by atomic mass is 79.9. The highest BCUT2D eigenvalue weighted by molar-refractivity contribution is 9.11. The molecule has 0 spiro atoms. The van der Waals surface area contributed by atoms with Crippen LogP contribution in [0.1, 0.15) is 10.6 Å². The van der Waals surface area contributed by atoms with Gasteiger partial charge in [0, 0.05) is 11.4 Å². The number of rotatable bonds is 4. The molecule has 2 aromatic heterocycles. The van der Waals surface area contributed by atoms with E-state index in [2.05, 4.69) is 38.4 Å². The Hall–Kier alpha value is -1.07. The maximum Gasteiger partial charge on any atom is 0.126 e. The van der Waals surface area contributed by atoms with Crippen LogP contribution in [0.4, 0.5) is 11.5 Å². The molecule has 0 atom stereocenters. The van der Waals surface area contributed by atoms with Gasteiger partial charge < -0.3 is 11.1 Å². The van der Waals surface area contributed by atoms with Crippen LogP contribution in [0.25, 0.3) is 0 Å². The molecule has 17 heavy (non-hydrogen) atoms. The first kappa shape index (κ1) is 12.4. The SMILES string of the molecule is Cc1nc(NCCc2ccc(Br)s2)ccc1N. The van der Waals surface area contributed by atoms with Gasteiger partial charge in [0.1, 0.15) is 5.82 Å². The predicted octanol–water partition coefficient (Wildman–Crippen LogP) is 3.45. The first-order valence-corrected chi connectivity index (χ1v) is 6.97. The fourth-order valence-electron chi connectivity index (χ4n) is 1.47. The van der Waals surface area contributed by atoms with E-state index in [0.29, 0.717) is 0 Å². The summed E-state index contributed by atoms with van der Waals surface area (Å²) in [7, 11) is 0. The molecular weight excluding hydrogens is 298 g/mol. The zero-order valence-electron chi connectivity index (χ0n) is 9.53. The summed E-state index contributed by atoms with van der Waals surface area (Å²) in [5, 5.41) is 3.30. The molecule has 0 aliphatic rings. The van der Waals surface area contributed by atoms with E-state index in [0.717, 1.165) is 30.2 Å². The number of anilines is 2. The third-order valence-electron chi connectivity index (χ3n) is 2.43. The predicted molar refractivity (Wildman–Crippen MR) is 77.6 cm³/mol. The van der Waals surface area contributed by atoms with E-state index in [4.69, 9.17) is 5.73 Å². The number of hydrogen-bond acceptors (Lipinski definition) is 4. The summed E-state index contributed by atoms with van der Waals surface area (Å²) in [5.41, 5.74) is 7.32. The molecule has 0 amide bonds. The molecule has 90 valence electrons. The summed E-state index contributed by atoms with van der Waals surface area (Å²) in [6, 6.07) is 8.00. The maximum absolute atomic E-state index is 5.72. The first-order chi connectivity index (χ1) is 8.15. The number of nitrogens with two attached hydrogens (primary N) is 1. The van der Waals surface area contributed by atoms with Crippen LogP contribution in [-0.4, -0.2) is 11.5 Å². The molecule has 0 fully saturated rings. The van der Waals surface area contributed by atoms with E-state index < -0.39 is 0 Å². The number of thiophene rings is 1. The Bertz CT molecular complexity index is 510. The summed E-state index contributed by atoms with van der Waals surface area (Å²) >= 11 is 5.22. The van der Waals surface area contributed by atoms with E-state index in [1.165, 1.54) is 8.66 Å². The minimum atomic E-state index is 0.734. The Morgan fingerprint density at radius 1 is 1.35 bits per heavy atom. The van der Waals surface area contributed by atoms with Gasteiger partial charge in [-0.3, -0.25) is 0 Å². The summed E-state index contributed by atoms with van der Waals surface area (Å²) < 4.78 is 1.17. The normalized spacial score (nSPS) is 10.5. The zero-order valence-corrected chi connectivity index (χ0v) is 11.9. The lowest BCUT2D eigenvalue weighted by atomic mass is 10.3. The van der Waals surface area contributed by atoms with Crippen molar-refractivity contribution in [2.75, 3.05) is 17.6 Å². The summed E-state index contributed by atoms with van der Waals surface area (Å²) in [6.45, 7) is 2.79. The van der Waals surface area contributed by atoms with Gasteiger partial charge in [-0.25, -0.2) is 4.98 Å². The molecule has 0 aliphatic carbocycles. The minimum absolute atomic E-state index is 0.734. The summed E-state index contributed by atoms with van der Waals surface area (Å²) in [4.78, 5) is 5.73. The zero-order chi connectivity index (χ0) is 12.3. The van der Waals surface area contributed by atoms with Gasteiger partial charge in [-0.2, -0.15) is 0 Å². The van der Waals surface area contributed by atoms with E-state index >= 15 is 0 Å². The number of aromatic nitrogens is 1. The monoisotopic (exact) mass is 311 g/mol. The van der Waals surface area contributed by atoms with E-state index in [-0.39, 0.29) is 0 Å². The van der Waals surface area contributed by atoms with Crippen molar-refractivity contribution in [3.8, 4) is 0 Å². The van der Waals surface area contributed by atoms with Crippen LogP contribution >= 0.6 is 27.3 Å². The van der Waals surface area contributed by atoms with Gasteiger partial charge in [0.25, 0.3) is 0 Å². The second kappa shape index (κ2) is 5.51. The molecule has 3 nitrogen and oxygen atoms in total. The lowest BCUT2D eigenvalue weighted by molar-refractivity contribution is 1.02. The van der Waals surface area contributed by atoms with Gasteiger partial charge >= 0.3 is 0 Å². The molecule has 2 rings (SSSR count). The van der Waals surface area contributed by atoms with Gasteiger partial charge in [0.15, 0.2) is 0 Å². The molecule has 0 bridgehead atoms. The molecular formula is C12H14BrN3S. The van der Waals surface area contributed by atoms with Crippen molar-refractivity contribution in [2.24, 2.45) is 0 Å². The Labute approximate surface area is 113 Å². The summed E-state index contributed by atoms with van der Waals surface area (Å²) in [5.74, 6) is 0.882. The largest absolute Gasteiger partial charge is 0.397 e. The van der Waals surface area contributed by atoms with Crippen molar-refractivity contribution >= 4 is 38.8 Å². The van der Waals surface area contributed by atoms with Crippen LogP contribution in [-0.2, 0) is 6.42 Å². The van der Waals surface area contributed by atoms with Crippen LogP contribution in [0.3, 0.4) is 0 Å². The second-order valence-corrected chi connectivity index (χ2v) is 6.30. The van der Waals surface area contributed by atoms with Crippen molar-refractivity contribution in [1.82, 2.24) is 4.98 Å².